The predicted molar refractivity (Wildman–Crippen MR) is 144 cm³/mol. The second-order valence-electron chi connectivity index (χ2n) is 8.75. The summed E-state index contributed by atoms with van der Waals surface area (Å²) in [6.45, 7) is 11.3. The van der Waals surface area contributed by atoms with Crippen LogP contribution >= 0.6 is 0 Å². The third-order valence-electron chi connectivity index (χ3n) is 6.68. The molecule has 0 atom stereocenters. The Kier molecular flexibility index (Phi) is 7.85. The lowest BCUT2D eigenvalue weighted by atomic mass is 10.2. The first-order valence-electron chi connectivity index (χ1n) is 12.6. The van der Waals surface area contributed by atoms with Gasteiger partial charge in [0.05, 0.1) is 0 Å². The van der Waals surface area contributed by atoms with Gasteiger partial charge in [0, 0.05) is 75.7 Å². The Morgan fingerprint density at radius 1 is 0.857 bits per heavy atom. The molecule has 2 heterocycles. The zero-order valence-electron chi connectivity index (χ0n) is 21.3. The van der Waals surface area contributed by atoms with Crippen molar-refractivity contribution in [3.63, 3.8) is 0 Å². The maximum atomic E-state index is 12.8. The SMILES string of the molecule is CCc1nc(N2CCN(C(=O)c3ccccc3)CC2)cc(N(C)c2ccc(N(CC)CC)cc2)n1. The minimum Gasteiger partial charge on any atom is -0.372 e. The van der Waals surface area contributed by atoms with E-state index < -0.39 is 0 Å². The van der Waals surface area contributed by atoms with Crippen LogP contribution in [0.2, 0.25) is 0 Å². The Balaban J connectivity index is 1.49. The van der Waals surface area contributed by atoms with Crippen molar-refractivity contribution in [2.45, 2.75) is 27.2 Å². The van der Waals surface area contributed by atoms with Gasteiger partial charge in [-0.3, -0.25) is 4.79 Å². The van der Waals surface area contributed by atoms with E-state index >= 15 is 0 Å². The average Bonchev–Trinajstić information content (AvgIpc) is 2.93. The van der Waals surface area contributed by atoms with Gasteiger partial charge >= 0.3 is 0 Å². The van der Waals surface area contributed by atoms with Gasteiger partial charge in [-0.1, -0.05) is 25.1 Å². The number of aromatic nitrogens is 2. The van der Waals surface area contributed by atoms with E-state index in [4.69, 9.17) is 9.97 Å². The molecule has 0 aliphatic carbocycles. The van der Waals surface area contributed by atoms with E-state index in [0.29, 0.717) is 13.1 Å². The minimum atomic E-state index is 0.0933. The third-order valence-corrected chi connectivity index (χ3v) is 6.68. The number of rotatable bonds is 8. The van der Waals surface area contributed by atoms with Gasteiger partial charge in [-0.2, -0.15) is 0 Å². The van der Waals surface area contributed by atoms with Crippen LogP contribution in [-0.4, -0.2) is 67.1 Å². The summed E-state index contributed by atoms with van der Waals surface area (Å²) in [4.78, 5) is 31.1. The molecule has 7 heteroatoms. The first-order valence-corrected chi connectivity index (χ1v) is 12.6. The molecule has 2 aromatic carbocycles. The number of carbonyl (C=O) groups excluding carboxylic acids is 1. The molecular formula is C28H36N6O. The highest BCUT2D eigenvalue weighted by Crippen LogP contribution is 2.28. The number of piperazine rings is 1. The molecule has 0 saturated carbocycles. The number of nitrogens with zero attached hydrogens (tertiary/aromatic N) is 6. The number of aryl methyl sites for hydroxylation is 1. The molecule has 0 radical (unpaired) electrons. The molecule has 0 spiro atoms. The van der Waals surface area contributed by atoms with Crippen molar-refractivity contribution < 1.29 is 4.79 Å². The van der Waals surface area contributed by atoms with Crippen molar-refractivity contribution in [2.75, 3.05) is 61.0 Å². The molecule has 35 heavy (non-hydrogen) atoms. The summed E-state index contributed by atoms with van der Waals surface area (Å²) < 4.78 is 0. The second kappa shape index (κ2) is 11.2. The molecule has 3 aromatic rings. The van der Waals surface area contributed by atoms with Crippen molar-refractivity contribution in [3.8, 4) is 0 Å². The molecule has 1 aliphatic rings. The normalized spacial score (nSPS) is 13.6. The summed E-state index contributed by atoms with van der Waals surface area (Å²) in [5, 5.41) is 0. The lowest BCUT2D eigenvalue weighted by Gasteiger charge is -2.36. The van der Waals surface area contributed by atoms with E-state index in [1.54, 1.807) is 0 Å². The first-order chi connectivity index (χ1) is 17.0. The monoisotopic (exact) mass is 472 g/mol. The van der Waals surface area contributed by atoms with Crippen LogP contribution in [0.25, 0.3) is 0 Å². The summed E-state index contributed by atoms with van der Waals surface area (Å²) in [6.07, 6.45) is 0.766. The zero-order valence-corrected chi connectivity index (χ0v) is 21.3. The first kappa shape index (κ1) is 24.5. The van der Waals surface area contributed by atoms with Crippen LogP contribution in [0.5, 0.6) is 0 Å². The number of benzene rings is 2. The largest absolute Gasteiger partial charge is 0.372 e. The predicted octanol–water partition coefficient (Wildman–Crippen LogP) is 4.62. The van der Waals surface area contributed by atoms with Gasteiger partial charge in [0.15, 0.2) is 0 Å². The fourth-order valence-corrected chi connectivity index (χ4v) is 4.47. The summed E-state index contributed by atoms with van der Waals surface area (Å²) >= 11 is 0. The summed E-state index contributed by atoms with van der Waals surface area (Å²) in [7, 11) is 2.05. The smallest absolute Gasteiger partial charge is 0.253 e. The summed E-state index contributed by atoms with van der Waals surface area (Å²) in [6, 6.07) is 20.2. The zero-order chi connectivity index (χ0) is 24.8. The molecule has 0 bridgehead atoms. The minimum absolute atomic E-state index is 0.0933. The number of hydrogen-bond acceptors (Lipinski definition) is 6. The Hall–Kier alpha value is -3.61. The van der Waals surface area contributed by atoms with E-state index in [2.05, 4.69) is 72.9 Å². The van der Waals surface area contributed by atoms with E-state index in [-0.39, 0.29) is 5.91 Å². The quantitative estimate of drug-likeness (QED) is 0.477. The molecule has 1 fully saturated rings. The van der Waals surface area contributed by atoms with Crippen LogP contribution in [-0.2, 0) is 6.42 Å². The van der Waals surface area contributed by atoms with Crippen molar-refractivity contribution in [2.24, 2.45) is 0 Å². The Morgan fingerprint density at radius 2 is 1.49 bits per heavy atom. The van der Waals surface area contributed by atoms with Crippen LogP contribution in [0.15, 0.2) is 60.7 Å². The van der Waals surface area contributed by atoms with Crippen LogP contribution in [0.4, 0.5) is 23.0 Å². The topological polar surface area (TPSA) is 55.8 Å². The fraction of sp³-hybridized carbons (Fsp3) is 0.393. The molecule has 0 unspecified atom stereocenters. The molecule has 1 aromatic heterocycles. The lowest BCUT2D eigenvalue weighted by Crippen LogP contribution is -2.49. The Labute approximate surface area is 209 Å². The van der Waals surface area contributed by atoms with Gasteiger partial charge in [-0.25, -0.2) is 9.97 Å². The number of amides is 1. The maximum absolute atomic E-state index is 12.8. The van der Waals surface area contributed by atoms with E-state index in [9.17, 15) is 4.79 Å². The number of anilines is 4. The van der Waals surface area contributed by atoms with Gasteiger partial charge in [0.2, 0.25) is 0 Å². The van der Waals surface area contributed by atoms with E-state index in [0.717, 1.165) is 61.3 Å². The number of hydrogen-bond donors (Lipinski definition) is 0. The molecule has 1 aliphatic heterocycles. The van der Waals surface area contributed by atoms with Gasteiger partial charge in [0.1, 0.15) is 17.5 Å². The average molecular weight is 473 g/mol. The van der Waals surface area contributed by atoms with Gasteiger partial charge in [-0.05, 0) is 50.2 Å². The van der Waals surface area contributed by atoms with Crippen LogP contribution in [0.1, 0.15) is 37.0 Å². The van der Waals surface area contributed by atoms with Crippen molar-refractivity contribution in [3.05, 3.63) is 72.1 Å². The standard InChI is InChI=1S/C28H36N6O/c1-5-25-29-26(31(4)23-13-15-24(16-14-23)32(6-2)7-3)21-27(30-25)33-17-19-34(20-18-33)28(35)22-11-9-8-10-12-22/h8-16,21H,5-7,17-20H2,1-4H3. The van der Waals surface area contributed by atoms with Crippen LogP contribution in [0, 0.1) is 0 Å². The van der Waals surface area contributed by atoms with Crippen LogP contribution < -0.4 is 14.7 Å². The molecule has 1 saturated heterocycles. The Bertz CT molecular complexity index is 1110. The molecular weight excluding hydrogens is 436 g/mol. The maximum Gasteiger partial charge on any atom is 0.253 e. The van der Waals surface area contributed by atoms with Crippen molar-refractivity contribution >= 4 is 28.9 Å². The number of carbonyl (C=O) groups is 1. The molecule has 1 amide bonds. The highest BCUT2D eigenvalue weighted by atomic mass is 16.2. The second-order valence-corrected chi connectivity index (χ2v) is 8.75. The van der Waals surface area contributed by atoms with Crippen molar-refractivity contribution in [1.29, 1.82) is 0 Å². The van der Waals surface area contributed by atoms with Gasteiger partial charge in [0.25, 0.3) is 5.91 Å². The van der Waals surface area contributed by atoms with Gasteiger partial charge < -0.3 is 19.6 Å². The summed E-state index contributed by atoms with van der Waals surface area (Å²) in [5.41, 5.74) is 3.06. The fourth-order valence-electron chi connectivity index (χ4n) is 4.47. The molecule has 4 rings (SSSR count). The van der Waals surface area contributed by atoms with Gasteiger partial charge in [-0.15, -0.1) is 0 Å². The van der Waals surface area contributed by atoms with Crippen molar-refractivity contribution in [1.82, 2.24) is 14.9 Å². The lowest BCUT2D eigenvalue weighted by molar-refractivity contribution is 0.0746. The highest BCUT2D eigenvalue weighted by Gasteiger charge is 2.24. The van der Waals surface area contributed by atoms with E-state index in [1.165, 1.54) is 5.69 Å². The van der Waals surface area contributed by atoms with Crippen LogP contribution in [0.3, 0.4) is 0 Å². The Morgan fingerprint density at radius 3 is 2.09 bits per heavy atom. The molecule has 184 valence electrons. The van der Waals surface area contributed by atoms with E-state index in [1.807, 2.05) is 35.2 Å². The summed E-state index contributed by atoms with van der Waals surface area (Å²) in [5.74, 6) is 2.72. The third kappa shape index (κ3) is 5.56. The highest BCUT2D eigenvalue weighted by molar-refractivity contribution is 5.94. The molecule has 7 nitrogen and oxygen atoms in total. The molecule has 0 N–H and O–H groups in total.